The van der Waals surface area contributed by atoms with E-state index in [1.165, 1.54) is 0 Å². The van der Waals surface area contributed by atoms with E-state index in [0.29, 0.717) is 0 Å². The standard InChI is InChI=1S/C6H13NO5/c7-3-5(10)4(9)2(1-8)12-6(3)11/h2-6,8-11H,1,7H2/t2-,3+,4+,5+,6?/m1/s1. The molecule has 0 aromatic carbocycles. The monoisotopic (exact) mass is 179 g/mol. The summed E-state index contributed by atoms with van der Waals surface area (Å²) in [6.45, 7) is -0.470. The van der Waals surface area contributed by atoms with Crippen molar-refractivity contribution in [3.05, 3.63) is 0 Å². The summed E-state index contributed by atoms with van der Waals surface area (Å²) in [4.78, 5) is 0. The predicted molar refractivity (Wildman–Crippen MR) is 38.0 cm³/mol. The fourth-order valence-electron chi connectivity index (χ4n) is 1.12. The molecule has 6 nitrogen and oxygen atoms in total. The zero-order valence-corrected chi connectivity index (χ0v) is 6.37. The van der Waals surface area contributed by atoms with Crippen LogP contribution in [-0.4, -0.2) is 57.7 Å². The number of hydrogen-bond acceptors (Lipinski definition) is 6. The summed E-state index contributed by atoms with van der Waals surface area (Å²) in [6.07, 6.45) is -4.85. The lowest BCUT2D eigenvalue weighted by Crippen LogP contribution is -2.61. The van der Waals surface area contributed by atoms with Gasteiger partial charge in [-0.05, 0) is 0 Å². The van der Waals surface area contributed by atoms with Crippen molar-refractivity contribution in [1.29, 1.82) is 0 Å². The molecular formula is C6H13NO5. The average Bonchev–Trinajstić information content (AvgIpc) is 2.08. The lowest BCUT2D eigenvalue weighted by Gasteiger charge is -2.38. The van der Waals surface area contributed by atoms with Gasteiger partial charge in [-0.1, -0.05) is 0 Å². The Labute approximate surface area is 69.2 Å². The highest BCUT2D eigenvalue weighted by molar-refractivity contribution is 4.90. The van der Waals surface area contributed by atoms with Gasteiger partial charge in [0.1, 0.15) is 18.3 Å². The smallest absolute Gasteiger partial charge is 0.173 e. The Balaban J connectivity index is 2.63. The Kier molecular flexibility index (Phi) is 2.99. The molecule has 0 radical (unpaired) electrons. The Morgan fingerprint density at radius 2 is 1.75 bits per heavy atom. The number of ether oxygens (including phenoxy) is 1. The molecule has 0 saturated carbocycles. The summed E-state index contributed by atoms with van der Waals surface area (Å²) in [7, 11) is 0. The van der Waals surface area contributed by atoms with Crippen molar-refractivity contribution in [3.63, 3.8) is 0 Å². The first-order valence-electron chi connectivity index (χ1n) is 3.64. The van der Waals surface area contributed by atoms with E-state index < -0.39 is 37.3 Å². The lowest BCUT2D eigenvalue weighted by molar-refractivity contribution is -0.248. The number of aliphatic hydroxyl groups excluding tert-OH is 4. The van der Waals surface area contributed by atoms with Crippen LogP contribution in [-0.2, 0) is 4.74 Å². The summed E-state index contributed by atoms with van der Waals surface area (Å²) in [5.74, 6) is 0. The van der Waals surface area contributed by atoms with Gasteiger partial charge < -0.3 is 30.9 Å². The van der Waals surface area contributed by atoms with Crippen molar-refractivity contribution in [1.82, 2.24) is 0 Å². The summed E-state index contributed by atoms with van der Waals surface area (Å²) < 4.78 is 4.70. The quantitative estimate of drug-likeness (QED) is 0.288. The predicted octanol–water partition coefficient (Wildman–Crippen LogP) is -3.25. The molecule has 6 N–H and O–H groups in total. The maximum atomic E-state index is 9.20. The average molecular weight is 179 g/mol. The van der Waals surface area contributed by atoms with E-state index >= 15 is 0 Å². The van der Waals surface area contributed by atoms with Crippen molar-refractivity contribution in [2.75, 3.05) is 6.61 Å². The molecule has 0 aliphatic carbocycles. The van der Waals surface area contributed by atoms with Gasteiger partial charge >= 0.3 is 0 Å². The molecule has 72 valence electrons. The van der Waals surface area contributed by atoms with E-state index in [-0.39, 0.29) is 0 Å². The van der Waals surface area contributed by atoms with Crippen molar-refractivity contribution < 1.29 is 25.2 Å². The molecule has 1 heterocycles. The van der Waals surface area contributed by atoms with Crippen molar-refractivity contribution >= 4 is 0 Å². The normalized spacial score (nSPS) is 49.2. The van der Waals surface area contributed by atoms with Crippen LogP contribution in [0.1, 0.15) is 0 Å². The largest absolute Gasteiger partial charge is 0.394 e. The molecule has 0 amide bonds. The molecule has 0 spiro atoms. The van der Waals surface area contributed by atoms with Crippen LogP contribution in [0.15, 0.2) is 0 Å². The SMILES string of the molecule is N[C@@H]1C(O)O[C@H](CO)[C@H](O)[C@H]1O. The van der Waals surface area contributed by atoms with Crippen LogP contribution in [0.2, 0.25) is 0 Å². The second kappa shape index (κ2) is 3.65. The molecule has 12 heavy (non-hydrogen) atoms. The lowest BCUT2D eigenvalue weighted by atomic mass is 9.98. The van der Waals surface area contributed by atoms with Crippen LogP contribution in [0, 0.1) is 0 Å². The third-order valence-corrected chi connectivity index (χ3v) is 1.95. The van der Waals surface area contributed by atoms with Gasteiger partial charge in [0, 0.05) is 0 Å². The molecule has 0 aromatic heterocycles. The highest BCUT2D eigenvalue weighted by Crippen LogP contribution is 2.17. The number of hydrogen-bond donors (Lipinski definition) is 5. The zero-order chi connectivity index (χ0) is 9.30. The second-order valence-electron chi connectivity index (χ2n) is 2.81. The van der Waals surface area contributed by atoms with E-state index in [4.69, 9.17) is 20.7 Å². The molecule has 1 rings (SSSR count). The highest BCUT2D eigenvalue weighted by Gasteiger charge is 2.41. The number of rotatable bonds is 1. The van der Waals surface area contributed by atoms with Crippen LogP contribution in [0.25, 0.3) is 0 Å². The fourth-order valence-corrected chi connectivity index (χ4v) is 1.12. The van der Waals surface area contributed by atoms with Gasteiger partial charge in [0.2, 0.25) is 0 Å². The van der Waals surface area contributed by atoms with E-state index in [9.17, 15) is 10.2 Å². The Bertz CT molecular complexity index is 150. The van der Waals surface area contributed by atoms with Crippen LogP contribution < -0.4 is 5.73 Å². The van der Waals surface area contributed by atoms with Crippen molar-refractivity contribution in [3.8, 4) is 0 Å². The van der Waals surface area contributed by atoms with E-state index in [2.05, 4.69) is 0 Å². The molecule has 1 aliphatic rings. The minimum atomic E-state index is -1.35. The highest BCUT2D eigenvalue weighted by atomic mass is 16.6. The molecule has 1 unspecified atom stereocenters. The Hall–Kier alpha value is -0.240. The second-order valence-corrected chi connectivity index (χ2v) is 2.81. The van der Waals surface area contributed by atoms with Crippen LogP contribution in [0.3, 0.4) is 0 Å². The zero-order valence-electron chi connectivity index (χ0n) is 6.37. The molecule has 0 aromatic rings. The molecule has 1 saturated heterocycles. The molecule has 5 atom stereocenters. The van der Waals surface area contributed by atoms with Crippen LogP contribution >= 0.6 is 0 Å². The fraction of sp³-hybridized carbons (Fsp3) is 1.00. The van der Waals surface area contributed by atoms with Gasteiger partial charge in [-0.3, -0.25) is 0 Å². The summed E-state index contributed by atoms with van der Waals surface area (Å²) in [6, 6.07) is -1.04. The molecule has 0 bridgehead atoms. The van der Waals surface area contributed by atoms with E-state index in [1.807, 2.05) is 0 Å². The summed E-state index contributed by atoms with van der Waals surface area (Å²) in [5, 5.41) is 36.1. The maximum Gasteiger partial charge on any atom is 0.173 e. The Morgan fingerprint density at radius 1 is 1.17 bits per heavy atom. The molecule has 1 aliphatic heterocycles. The first kappa shape index (κ1) is 9.85. The van der Waals surface area contributed by atoms with Crippen LogP contribution in [0.4, 0.5) is 0 Å². The van der Waals surface area contributed by atoms with Gasteiger partial charge in [0.15, 0.2) is 6.29 Å². The number of aliphatic hydroxyl groups is 4. The van der Waals surface area contributed by atoms with Gasteiger partial charge in [0.25, 0.3) is 0 Å². The van der Waals surface area contributed by atoms with Crippen molar-refractivity contribution in [2.24, 2.45) is 5.73 Å². The third-order valence-electron chi connectivity index (χ3n) is 1.95. The molecular weight excluding hydrogens is 166 g/mol. The van der Waals surface area contributed by atoms with Crippen LogP contribution in [0.5, 0.6) is 0 Å². The summed E-state index contributed by atoms with van der Waals surface area (Å²) >= 11 is 0. The van der Waals surface area contributed by atoms with E-state index in [0.717, 1.165) is 0 Å². The van der Waals surface area contributed by atoms with Gasteiger partial charge in [-0.2, -0.15) is 0 Å². The van der Waals surface area contributed by atoms with Crippen molar-refractivity contribution in [2.45, 2.75) is 30.6 Å². The topological polar surface area (TPSA) is 116 Å². The first-order chi connectivity index (χ1) is 5.57. The minimum absolute atomic E-state index is 0.470. The first-order valence-corrected chi connectivity index (χ1v) is 3.64. The number of nitrogens with two attached hydrogens (primary N) is 1. The third kappa shape index (κ3) is 1.58. The van der Waals surface area contributed by atoms with E-state index in [1.54, 1.807) is 0 Å². The summed E-state index contributed by atoms with van der Waals surface area (Å²) in [5.41, 5.74) is 5.26. The Morgan fingerprint density at radius 3 is 2.25 bits per heavy atom. The van der Waals surface area contributed by atoms with Gasteiger partial charge in [-0.25, -0.2) is 0 Å². The minimum Gasteiger partial charge on any atom is -0.394 e. The molecule has 6 heteroatoms. The maximum absolute atomic E-state index is 9.20. The van der Waals surface area contributed by atoms with Gasteiger partial charge in [0.05, 0.1) is 12.6 Å². The molecule has 1 fully saturated rings. The van der Waals surface area contributed by atoms with Gasteiger partial charge in [-0.15, -0.1) is 0 Å².